The molecule has 0 atom stereocenters. The molecule has 152 valence electrons. The minimum Gasteiger partial charge on any atom is -0.478 e. The van der Waals surface area contributed by atoms with Crippen molar-refractivity contribution >= 4 is 11.9 Å². The summed E-state index contributed by atoms with van der Waals surface area (Å²) in [6.45, 7) is 4.71. The topological polar surface area (TPSA) is 93.5 Å². The quantitative estimate of drug-likeness (QED) is 0.666. The summed E-state index contributed by atoms with van der Waals surface area (Å²) in [5.74, 6) is -2.10. The van der Waals surface area contributed by atoms with Crippen LogP contribution in [0.25, 0.3) is 5.69 Å². The third-order valence-electron chi connectivity index (χ3n) is 3.70. The van der Waals surface area contributed by atoms with Crippen LogP contribution in [-0.4, -0.2) is 46.0 Å². The lowest BCUT2D eigenvalue weighted by Crippen LogP contribution is -2.25. The van der Waals surface area contributed by atoms with Crippen molar-refractivity contribution in [2.45, 2.75) is 32.5 Å². The van der Waals surface area contributed by atoms with Crippen molar-refractivity contribution in [3.05, 3.63) is 47.3 Å². The molecule has 0 aliphatic heterocycles. The Balaban J connectivity index is 2.11. The lowest BCUT2D eigenvalue weighted by molar-refractivity contribution is -0.143. The third kappa shape index (κ3) is 5.32. The highest BCUT2D eigenvalue weighted by Gasteiger charge is 2.40. The van der Waals surface area contributed by atoms with Gasteiger partial charge in [0.2, 0.25) is 0 Å². The molecule has 0 spiro atoms. The fourth-order valence-electron chi connectivity index (χ4n) is 2.42. The number of rotatable bonds is 8. The molecular weight excluding hydrogens is 379 g/mol. The molecule has 0 radical (unpaired) electrons. The largest absolute Gasteiger partial charge is 0.478 e. The van der Waals surface area contributed by atoms with E-state index in [0.29, 0.717) is 30.5 Å². The fourth-order valence-corrected chi connectivity index (χ4v) is 2.42. The number of nitrogens with zero attached hydrogens (tertiary/aromatic N) is 2. The normalized spacial score (nSPS) is 11.6. The first-order valence-electron chi connectivity index (χ1n) is 8.50. The van der Waals surface area contributed by atoms with Gasteiger partial charge in [0.15, 0.2) is 5.69 Å². The average Bonchev–Trinajstić information content (AvgIpc) is 3.07. The highest BCUT2D eigenvalue weighted by molar-refractivity contribution is 5.94. The first-order valence-corrected chi connectivity index (χ1v) is 8.50. The highest BCUT2D eigenvalue weighted by atomic mass is 19.4. The van der Waals surface area contributed by atoms with E-state index >= 15 is 0 Å². The second-order valence-corrected chi connectivity index (χ2v) is 6.20. The van der Waals surface area contributed by atoms with Crippen LogP contribution < -0.4 is 5.32 Å². The maximum Gasteiger partial charge on any atom is 0.434 e. The van der Waals surface area contributed by atoms with E-state index in [0.717, 1.165) is 0 Å². The number of amides is 1. The zero-order valence-corrected chi connectivity index (χ0v) is 15.3. The Labute approximate surface area is 159 Å². The van der Waals surface area contributed by atoms with Crippen LogP contribution in [0.15, 0.2) is 30.5 Å². The molecule has 10 heteroatoms. The zero-order chi connectivity index (χ0) is 20.9. The Morgan fingerprint density at radius 3 is 2.43 bits per heavy atom. The van der Waals surface area contributed by atoms with Crippen molar-refractivity contribution in [3.63, 3.8) is 0 Å². The number of carboxylic acid groups (broad SMARTS) is 1. The molecule has 0 unspecified atom stereocenters. The molecule has 0 saturated heterocycles. The summed E-state index contributed by atoms with van der Waals surface area (Å²) in [5.41, 5.74) is -2.09. The van der Waals surface area contributed by atoms with Crippen LogP contribution >= 0.6 is 0 Å². The maximum absolute atomic E-state index is 13.2. The van der Waals surface area contributed by atoms with Crippen molar-refractivity contribution in [1.29, 1.82) is 0 Å². The lowest BCUT2D eigenvalue weighted by atomic mass is 10.2. The smallest absolute Gasteiger partial charge is 0.434 e. The molecule has 0 aliphatic carbocycles. The molecule has 1 aromatic heterocycles. The van der Waals surface area contributed by atoms with Gasteiger partial charge in [-0.2, -0.15) is 18.3 Å². The van der Waals surface area contributed by atoms with Crippen LogP contribution in [0, 0.1) is 0 Å². The number of carboxylic acids is 1. The van der Waals surface area contributed by atoms with E-state index in [4.69, 9.17) is 9.84 Å². The van der Waals surface area contributed by atoms with E-state index in [1.54, 1.807) is 0 Å². The zero-order valence-electron chi connectivity index (χ0n) is 15.3. The van der Waals surface area contributed by atoms with Gasteiger partial charge in [-0.15, -0.1) is 0 Å². The summed E-state index contributed by atoms with van der Waals surface area (Å²) in [6, 6.07) is 5.23. The minimum atomic E-state index is -4.90. The van der Waals surface area contributed by atoms with Gasteiger partial charge in [0.05, 0.1) is 18.0 Å². The van der Waals surface area contributed by atoms with Gasteiger partial charge in [-0.25, -0.2) is 9.48 Å². The summed E-state index contributed by atoms with van der Waals surface area (Å²) in [4.78, 5) is 23.1. The van der Waals surface area contributed by atoms with Crippen molar-refractivity contribution in [3.8, 4) is 5.69 Å². The van der Waals surface area contributed by atoms with Crippen LogP contribution in [-0.2, 0) is 10.9 Å². The van der Waals surface area contributed by atoms with Crippen molar-refractivity contribution < 1.29 is 32.6 Å². The Morgan fingerprint density at radius 2 is 1.89 bits per heavy atom. The molecule has 2 N–H and O–H groups in total. The number of halogens is 3. The fraction of sp³-hybridized carbons (Fsp3) is 0.389. The van der Waals surface area contributed by atoms with Crippen LogP contribution in [0.4, 0.5) is 13.2 Å². The van der Waals surface area contributed by atoms with E-state index in [1.165, 1.54) is 24.3 Å². The molecule has 0 fully saturated rings. The van der Waals surface area contributed by atoms with Gasteiger partial charge in [0.1, 0.15) is 5.56 Å². The second-order valence-electron chi connectivity index (χ2n) is 6.20. The maximum atomic E-state index is 13.2. The first kappa shape index (κ1) is 21.4. The average molecular weight is 399 g/mol. The number of aromatic nitrogens is 2. The number of hydrogen-bond acceptors (Lipinski definition) is 4. The number of carbonyl (C=O) groups excluding carboxylic acids is 1. The molecule has 7 nitrogen and oxygen atoms in total. The minimum absolute atomic E-state index is 0.0123. The summed E-state index contributed by atoms with van der Waals surface area (Å²) in [5, 5.41) is 15.2. The standard InChI is InChI=1S/C18H20F3N3O4/c1-11(2)28-9-3-8-22-16(25)12-4-6-13(7-5-12)24-15(18(19,20)21)14(10-23-24)17(26)27/h4-7,10-11H,3,8-9H2,1-2H3,(H,22,25)(H,26,27). The number of carbonyl (C=O) groups is 2. The van der Waals surface area contributed by atoms with Crippen LogP contribution in [0.1, 0.15) is 46.7 Å². The molecular formula is C18H20F3N3O4. The molecule has 1 heterocycles. The van der Waals surface area contributed by atoms with Crippen molar-refractivity contribution in [2.24, 2.45) is 0 Å². The molecule has 0 aliphatic rings. The molecule has 28 heavy (non-hydrogen) atoms. The van der Waals surface area contributed by atoms with E-state index in [2.05, 4.69) is 10.4 Å². The van der Waals surface area contributed by atoms with E-state index in [-0.39, 0.29) is 23.3 Å². The van der Waals surface area contributed by atoms with Crippen LogP contribution in [0.5, 0.6) is 0 Å². The monoisotopic (exact) mass is 399 g/mol. The van der Waals surface area contributed by atoms with Gasteiger partial charge in [-0.1, -0.05) is 0 Å². The number of aromatic carboxylic acids is 1. The van der Waals surface area contributed by atoms with Gasteiger partial charge in [-0.05, 0) is 44.5 Å². The SMILES string of the molecule is CC(C)OCCCNC(=O)c1ccc(-n2ncc(C(=O)O)c2C(F)(F)F)cc1. The Bertz CT molecular complexity index is 830. The number of alkyl halides is 3. The number of ether oxygens (including phenoxy) is 1. The summed E-state index contributed by atoms with van der Waals surface area (Å²) < 4.78 is 45.6. The number of hydrogen-bond donors (Lipinski definition) is 2. The predicted molar refractivity (Wildman–Crippen MR) is 93.6 cm³/mol. The molecule has 1 amide bonds. The Hall–Kier alpha value is -2.88. The van der Waals surface area contributed by atoms with E-state index < -0.39 is 23.4 Å². The number of nitrogens with one attached hydrogen (secondary N) is 1. The van der Waals surface area contributed by atoms with Gasteiger partial charge in [-0.3, -0.25) is 4.79 Å². The lowest BCUT2D eigenvalue weighted by Gasteiger charge is -2.12. The Kier molecular flexibility index (Phi) is 6.79. The third-order valence-corrected chi connectivity index (χ3v) is 3.70. The Morgan fingerprint density at radius 1 is 1.25 bits per heavy atom. The summed E-state index contributed by atoms with van der Waals surface area (Å²) in [7, 11) is 0. The predicted octanol–water partition coefficient (Wildman–Crippen LogP) is 3.13. The highest BCUT2D eigenvalue weighted by Crippen LogP contribution is 2.33. The van der Waals surface area contributed by atoms with Crippen LogP contribution in [0.3, 0.4) is 0 Å². The summed E-state index contributed by atoms with van der Waals surface area (Å²) >= 11 is 0. The molecule has 2 rings (SSSR count). The van der Waals surface area contributed by atoms with Crippen molar-refractivity contribution in [1.82, 2.24) is 15.1 Å². The van der Waals surface area contributed by atoms with Gasteiger partial charge < -0.3 is 15.2 Å². The first-order chi connectivity index (χ1) is 13.1. The number of benzene rings is 1. The van der Waals surface area contributed by atoms with E-state index in [9.17, 15) is 22.8 Å². The molecule has 1 aromatic carbocycles. The van der Waals surface area contributed by atoms with Crippen LogP contribution in [0.2, 0.25) is 0 Å². The molecule has 0 saturated carbocycles. The van der Waals surface area contributed by atoms with E-state index in [1.807, 2.05) is 13.8 Å². The second kappa shape index (κ2) is 8.87. The molecule has 0 bridgehead atoms. The van der Waals surface area contributed by atoms with Gasteiger partial charge in [0, 0.05) is 18.7 Å². The summed E-state index contributed by atoms with van der Waals surface area (Å²) in [6.07, 6.45) is -3.53. The van der Waals surface area contributed by atoms with Crippen molar-refractivity contribution in [2.75, 3.05) is 13.2 Å². The van der Waals surface area contributed by atoms with Gasteiger partial charge in [0.25, 0.3) is 5.91 Å². The molecule has 2 aromatic rings. The van der Waals surface area contributed by atoms with Gasteiger partial charge >= 0.3 is 12.1 Å².